The predicted octanol–water partition coefficient (Wildman–Crippen LogP) is 3.32. The number of nitrogens with zero attached hydrogens (tertiary/aromatic N) is 1. The van der Waals surface area contributed by atoms with E-state index in [1.165, 1.54) is 0 Å². The molecule has 1 aromatic carbocycles. The van der Waals surface area contributed by atoms with Gasteiger partial charge in [0.1, 0.15) is 11.3 Å². The lowest BCUT2D eigenvalue weighted by Gasteiger charge is -2.36. The summed E-state index contributed by atoms with van der Waals surface area (Å²) < 4.78 is 22.2. The summed E-state index contributed by atoms with van der Waals surface area (Å²) in [7, 11) is 0. The van der Waals surface area contributed by atoms with Gasteiger partial charge in [0.25, 0.3) is 5.91 Å². The van der Waals surface area contributed by atoms with E-state index in [0.29, 0.717) is 36.6 Å². The van der Waals surface area contributed by atoms with Gasteiger partial charge in [0.05, 0.1) is 18.8 Å². The summed E-state index contributed by atoms with van der Waals surface area (Å²) in [5, 5.41) is 0.785. The van der Waals surface area contributed by atoms with Gasteiger partial charge in [-0.05, 0) is 52.8 Å². The van der Waals surface area contributed by atoms with E-state index in [1.807, 2.05) is 26.8 Å². The van der Waals surface area contributed by atoms with Gasteiger partial charge in [0, 0.05) is 24.0 Å². The van der Waals surface area contributed by atoms with Crippen molar-refractivity contribution >= 4 is 22.8 Å². The summed E-state index contributed by atoms with van der Waals surface area (Å²) in [5.74, 6) is -0.0745. The molecule has 7 nitrogen and oxygen atoms in total. The molecule has 0 N–H and O–H groups in total. The van der Waals surface area contributed by atoms with Crippen molar-refractivity contribution in [3.05, 3.63) is 29.5 Å². The van der Waals surface area contributed by atoms with Crippen LogP contribution >= 0.6 is 0 Å². The van der Waals surface area contributed by atoms with Gasteiger partial charge in [-0.1, -0.05) is 0 Å². The third-order valence-corrected chi connectivity index (χ3v) is 4.77. The van der Waals surface area contributed by atoms with Gasteiger partial charge >= 0.3 is 5.97 Å². The van der Waals surface area contributed by atoms with Crippen molar-refractivity contribution in [1.82, 2.24) is 4.90 Å². The first-order chi connectivity index (χ1) is 13.3. The van der Waals surface area contributed by atoms with Gasteiger partial charge in [0.15, 0.2) is 6.10 Å². The Bertz CT molecular complexity index is 863. The zero-order chi connectivity index (χ0) is 20.4. The lowest BCUT2D eigenvalue weighted by atomic mass is 10.1. The highest BCUT2D eigenvalue weighted by molar-refractivity contribution is 5.97. The van der Waals surface area contributed by atoms with E-state index >= 15 is 0 Å². The molecule has 0 spiro atoms. The summed E-state index contributed by atoms with van der Waals surface area (Å²) in [6.45, 7) is 10.6. The molecule has 0 radical (unpaired) electrons. The minimum absolute atomic E-state index is 0.0484. The van der Waals surface area contributed by atoms with Crippen LogP contribution in [0.3, 0.4) is 0 Å². The zero-order valence-electron chi connectivity index (χ0n) is 17.0. The third-order valence-electron chi connectivity index (χ3n) is 4.77. The van der Waals surface area contributed by atoms with Gasteiger partial charge in [-0.15, -0.1) is 0 Å². The fraction of sp³-hybridized carbons (Fsp3) is 0.524. The molecule has 152 valence electrons. The van der Waals surface area contributed by atoms with E-state index in [9.17, 15) is 9.59 Å². The molecule has 28 heavy (non-hydrogen) atoms. The first-order valence-corrected chi connectivity index (χ1v) is 9.61. The molecule has 2 aromatic rings. The molecule has 2 heterocycles. The molecule has 0 aliphatic carbocycles. The maximum atomic E-state index is 12.7. The molecular formula is C21H27NO6. The monoisotopic (exact) mass is 389 g/mol. The fourth-order valence-electron chi connectivity index (χ4n) is 3.53. The molecule has 1 aliphatic rings. The maximum Gasteiger partial charge on any atom is 0.375 e. The maximum absolute atomic E-state index is 12.7. The molecule has 7 heteroatoms. The standard InChI is InChI=1S/C21H27NO6/c1-6-25-16-7-8-18-17(9-16)14(4)19(28-18)21(24)27-15(5)20(23)22-10-12(2)26-13(3)11-22/h7-9,12-13,15H,6,10-11H2,1-5H3/t12-,13-,15+/m0/s1. The Morgan fingerprint density at radius 2 is 1.93 bits per heavy atom. The number of hydrogen-bond donors (Lipinski definition) is 0. The first-order valence-electron chi connectivity index (χ1n) is 9.61. The zero-order valence-corrected chi connectivity index (χ0v) is 17.0. The summed E-state index contributed by atoms with van der Waals surface area (Å²) in [5.41, 5.74) is 1.23. The molecule has 3 atom stereocenters. The van der Waals surface area contributed by atoms with Gasteiger partial charge < -0.3 is 23.5 Å². The second-order valence-corrected chi connectivity index (χ2v) is 7.20. The second-order valence-electron chi connectivity index (χ2n) is 7.20. The van der Waals surface area contributed by atoms with Crippen LogP contribution in [0, 0.1) is 6.92 Å². The van der Waals surface area contributed by atoms with Crippen molar-refractivity contribution in [3.8, 4) is 5.75 Å². The molecule has 1 aliphatic heterocycles. The summed E-state index contributed by atoms with van der Waals surface area (Å²) >= 11 is 0. The molecule has 0 saturated carbocycles. The minimum atomic E-state index is -0.906. The average molecular weight is 389 g/mol. The number of furan rings is 1. The number of amides is 1. The van der Waals surface area contributed by atoms with Crippen LogP contribution in [0.2, 0.25) is 0 Å². The Labute approximate surface area is 164 Å². The van der Waals surface area contributed by atoms with Crippen LogP contribution in [0.1, 0.15) is 43.8 Å². The van der Waals surface area contributed by atoms with Crippen LogP contribution in [-0.2, 0) is 14.3 Å². The Hall–Kier alpha value is -2.54. The average Bonchev–Trinajstić information content (AvgIpc) is 2.97. The normalized spacial score (nSPS) is 20.8. The van der Waals surface area contributed by atoms with E-state index in [2.05, 4.69) is 0 Å². The summed E-state index contributed by atoms with van der Waals surface area (Å²) in [6.07, 6.45) is -1.00. The largest absolute Gasteiger partial charge is 0.494 e. The molecule has 1 fully saturated rings. The Morgan fingerprint density at radius 1 is 1.25 bits per heavy atom. The topological polar surface area (TPSA) is 78.2 Å². The fourth-order valence-corrected chi connectivity index (χ4v) is 3.53. The van der Waals surface area contributed by atoms with Crippen LogP contribution < -0.4 is 4.74 Å². The predicted molar refractivity (Wildman–Crippen MR) is 104 cm³/mol. The van der Waals surface area contributed by atoms with Crippen LogP contribution in [0.25, 0.3) is 11.0 Å². The van der Waals surface area contributed by atoms with E-state index in [1.54, 1.807) is 30.9 Å². The van der Waals surface area contributed by atoms with Crippen molar-refractivity contribution < 1.29 is 28.2 Å². The smallest absolute Gasteiger partial charge is 0.375 e. The number of aryl methyl sites for hydroxylation is 1. The number of fused-ring (bicyclic) bond motifs is 1. The number of hydrogen-bond acceptors (Lipinski definition) is 6. The molecule has 1 saturated heterocycles. The van der Waals surface area contributed by atoms with Crippen molar-refractivity contribution in [2.24, 2.45) is 0 Å². The first kappa shape index (κ1) is 20.2. The van der Waals surface area contributed by atoms with E-state index < -0.39 is 12.1 Å². The highest BCUT2D eigenvalue weighted by atomic mass is 16.6. The summed E-state index contributed by atoms with van der Waals surface area (Å²) in [4.78, 5) is 27.0. The number of rotatable bonds is 5. The Kier molecular flexibility index (Phi) is 5.93. The number of ether oxygens (including phenoxy) is 3. The summed E-state index contributed by atoms with van der Waals surface area (Å²) in [6, 6.07) is 5.38. The second kappa shape index (κ2) is 8.22. The molecule has 3 rings (SSSR count). The lowest BCUT2D eigenvalue weighted by Crippen LogP contribution is -2.51. The number of benzene rings is 1. The Morgan fingerprint density at radius 3 is 2.57 bits per heavy atom. The van der Waals surface area contributed by atoms with Crippen LogP contribution in [0.4, 0.5) is 0 Å². The van der Waals surface area contributed by atoms with Crippen molar-refractivity contribution in [3.63, 3.8) is 0 Å². The van der Waals surface area contributed by atoms with E-state index in [-0.39, 0.29) is 23.9 Å². The van der Waals surface area contributed by atoms with Crippen LogP contribution in [0.5, 0.6) is 5.75 Å². The van der Waals surface area contributed by atoms with Gasteiger partial charge in [0.2, 0.25) is 5.76 Å². The Balaban J connectivity index is 1.73. The van der Waals surface area contributed by atoms with E-state index in [0.717, 1.165) is 5.39 Å². The SMILES string of the molecule is CCOc1ccc2oc(C(=O)O[C@H](C)C(=O)N3C[C@H](C)O[C@@H](C)C3)c(C)c2c1. The van der Waals surface area contributed by atoms with Crippen LogP contribution in [-0.4, -0.2) is 54.8 Å². The number of carbonyl (C=O) groups is 2. The number of esters is 1. The quantitative estimate of drug-likeness (QED) is 0.730. The molecular weight excluding hydrogens is 362 g/mol. The van der Waals surface area contributed by atoms with Crippen molar-refractivity contribution in [2.45, 2.75) is 52.9 Å². The molecule has 0 bridgehead atoms. The van der Waals surface area contributed by atoms with Gasteiger partial charge in [-0.2, -0.15) is 0 Å². The van der Waals surface area contributed by atoms with Gasteiger partial charge in [-0.25, -0.2) is 4.79 Å². The third kappa shape index (κ3) is 4.14. The number of morpholine rings is 1. The minimum Gasteiger partial charge on any atom is -0.494 e. The van der Waals surface area contributed by atoms with Gasteiger partial charge in [-0.3, -0.25) is 4.79 Å². The van der Waals surface area contributed by atoms with E-state index in [4.69, 9.17) is 18.6 Å². The number of carbonyl (C=O) groups excluding carboxylic acids is 2. The molecule has 0 unspecified atom stereocenters. The van der Waals surface area contributed by atoms with Crippen molar-refractivity contribution in [2.75, 3.05) is 19.7 Å². The highest BCUT2D eigenvalue weighted by Crippen LogP contribution is 2.29. The van der Waals surface area contributed by atoms with Crippen LogP contribution in [0.15, 0.2) is 22.6 Å². The lowest BCUT2D eigenvalue weighted by molar-refractivity contribution is -0.151. The molecule has 1 aromatic heterocycles. The molecule has 1 amide bonds. The van der Waals surface area contributed by atoms with Crippen molar-refractivity contribution in [1.29, 1.82) is 0 Å². The highest BCUT2D eigenvalue weighted by Gasteiger charge is 2.31.